The van der Waals surface area contributed by atoms with E-state index in [9.17, 15) is 4.79 Å². The van der Waals surface area contributed by atoms with Crippen molar-refractivity contribution >= 4 is 29.2 Å². The summed E-state index contributed by atoms with van der Waals surface area (Å²) in [4.78, 5) is 14.4. The number of hydrogen-bond acceptors (Lipinski definition) is 4. The number of carbonyl (C=O) groups is 1. The van der Waals surface area contributed by atoms with Crippen LogP contribution in [-0.2, 0) is 15.1 Å². The Morgan fingerprint density at radius 3 is 2.62 bits per heavy atom. The second-order valence-corrected chi connectivity index (χ2v) is 6.04. The Morgan fingerprint density at radius 2 is 2.05 bits per heavy atom. The number of likely N-dealkylation sites (N-methyl/N-ethyl adjacent to an activating group) is 1. The predicted octanol–water partition coefficient (Wildman–Crippen LogP) is 2.92. The van der Waals surface area contributed by atoms with Crippen LogP contribution in [0.1, 0.15) is 19.4 Å². The van der Waals surface area contributed by atoms with Crippen molar-refractivity contribution in [1.82, 2.24) is 10.2 Å². The zero-order valence-corrected chi connectivity index (χ0v) is 14.4. The first-order valence-corrected chi connectivity index (χ1v) is 7.59. The van der Waals surface area contributed by atoms with Crippen molar-refractivity contribution in [2.75, 3.05) is 33.8 Å². The van der Waals surface area contributed by atoms with Crippen LogP contribution in [0.3, 0.4) is 0 Å². The number of benzene rings is 1. The van der Waals surface area contributed by atoms with Crippen LogP contribution in [0.5, 0.6) is 0 Å². The number of rotatable bonds is 7. The number of nitrogens with one attached hydrogen (secondary N) is 1. The Morgan fingerprint density at radius 1 is 1.38 bits per heavy atom. The third-order valence-electron chi connectivity index (χ3n) is 3.19. The van der Waals surface area contributed by atoms with Crippen molar-refractivity contribution < 1.29 is 9.53 Å². The molecule has 0 saturated carbocycles. The van der Waals surface area contributed by atoms with E-state index in [4.69, 9.17) is 27.9 Å². The molecule has 1 N–H and O–H groups in total. The van der Waals surface area contributed by atoms with Gasteiger partial charge in [0.05, 0.1) is 6.61 Å². The first kappa shape index (κ1) is 18.2. The number of nitrogens with zero attached hydrogens (tertiary/aromatic N) is 1. The highest BCUT2D eigenvalue weighted by molar-refractivity contribution is 6.33. The van der Waals surface area contributed by atoms with Crippen molar-refractivity contribution in [2.45, 2.75) is 19.4 Å². The molecule has 0 aliphatic heterocycles. The normalized spacial score (nSPS) is 14.0. The Balaban J connectivity index is 3.11. The molecule has 0 amide bonds. The van der Waals surface area contributed by atoms with E-state index in [0.717, 1.165) is 6.54 Å². The minimum Gasteiger partial charge on any atom is -0.464 e. The fourth-order valence-corrected chi connectivity index (χ4v) is 2.44. The largest absolute Gasteiger partial charge is 0.464 e. The van der Waals surface area contributed by atoms with Gasteiger partial charge in [0.1, 0.15) is 5.54 Å². The quantitative estimate of drug-likeness (QED) is 0.779. The van der Waals surface area contributed by atoms with Crippen molar-refractivity contribution in [1.29, 1.82) is 0 Å². The van der Waals surface area contributed by atoms with Gasteiger partial charge in [-0.1, -0.05) is 23.2 Å². The van der Waals surface area contributed by atoms with Crippen LogP contribution in [0.2, 0.25) is 10.0 Å². The second-order valence-electron chi connectivity index (χ2n) is 5.20. The van der Waals surface area contributed by atoms with Crippen LogP contribution in [-0.4, -0.2) is 44.7 Å². The van der Waals surface area contributed by atoms with Gasteiger partial charge >= 0.3 is 5.97 Å². The zero-order chi connectivity index (χ0) is 16.0. The summed E-state index contributed by atoms with van der Waals surface area (Å²) in [6.07, 6.45) is 0. The van der Waals surface area contributed by atoms with Gasteiger partial charge in [-0.25, -0.2) is 4.79 Å². The maximum atomic E-state index is 12.4. The van der Waals surface area contributed by atoms with Gasteiger partial charge in [-0.3, -0.25) is 5.32 Å². The monoisotopic (exact) mass is 332 g/mol. The highest BCUT2D eigenvalue weighted by Crippen LogP contribution is 2.31. The second kappa shape index (κ2) is 7.99. The molecule has 0 saturated heterocycles. The van der Waals surface area contributed by atoms with E-state index >= 15 is 0 Å². The molecule has 1 atom stereocenters. The summed E-state index contributed by atoms with van der Waals surface area (Å²) in [5.74, 6) is -0.368. The number of ether oxygens (including phenoxy) is 1. The molecule has 0 spiro atoms. The maximum absolute atomic E-state index is 12.4. The third-order valence-corrected chi connectivity index (χ3v) is 3.75. The van der Waals surface area contributed by atoms with Gasteiger partial charge in [0.15, 0.2) is 0 Å². The first-order valence-electron chi connectivity index (χ1n) is 6.83. The summed E-state index contributed by atoms with van der Waals surface area (Å²) in [5, 5.41) is 4.24. The lowest BCUT2D eigenvalue weighted by molar-refractivity contribution is -0.151. The average molecular weight is 333 g/mol. The number of hydrogen-bond donors (Lipinski definition) is 1. The summed E-state index contributed by atoms with van der Waals surface area (Å²) in [6, 6.07) is 5.08. The van der Waals surface area contributed by atoms with Gasteiger partial charge in [-0.15, -0.1) is 0 Å². The molecule has 1 aromatic rings. The molecule has 0 fully saturated rings. The standard InChI is InChI=1S/C15H22Cl2N2O2/c1-5-21-14(20)15(2,18-8-9-19(3)4)12-10-11(16)6-7-13(12)17/h6-7,10,18H,5,8-9H2,1-4H3. The van der Waals surface area contributed by atoms with Crippen LogP contribution in [0.15, 0.2) is 18.2 Å². The minimum atomic E-state index is -1.03. The summed E-state index contributed by atoms with van der Waals surface area (Å²) < 4.78 is 5.20. The fourth-order valence-electron chi connectivity index (χ4n) is 1.96. The van der Waals surface area contributed by atoms with E-state index in [-0.39, 0.29) is 5.97 Å². The molecular formula is C15H22Cl2N2O2. The summed E-state index contributed by atoms with van der Waals surface area (Å²) >= 11 is 12.3. The smallest absolute Gasteiger partial charge is 0.330 e. The lowest BCUT2D eigenvalue weighted by Gasteiger charge is -2.30. The summed E-state index contributed by atoms with van der Waals surface area (Å²) in [6.45, 7) is 5.25. The molecule has 0 bridgehead atoms. The molecule has 0 heterocycles. The van der Waals surface area contributed by atoms with Gasteiger partial charge in [0.2, 0.25) is 0 Å². The number of halogens is 2. The van der Waals surface area contributed by atoms with Crippen molar-refractivity contribution in [3.63, 3.8) is 0 Å². The maximum Gasteiger partial charge on any atom is 0.330 e. The van der Waals surface area contributed by atoms with E-state index in [1.807, 2.05) is 19.0 Å². The number of carbonyl (C=O) groups excluding carboxylic acids is 1. The van der Waals surface area contributed by atoms with Crippen molar-refractivity contribution in [3.05, 3.63) is 33.8 Å². The highest BCUT2D eigenvalue weighted by atomic mass is 35.5. The molecule has 1 aromatic carbocycles. The van der Waals surface area contributed by atoms with Crippen LogP contribution < -0.4 is 5.32 Å². The SMILES string of the molecule is CCOC(=O)C(C)(NCCN(C)C)c1cc(Cl)ccc1Cl. The molecule has 21 heavy (non-hydrogen) atoms. The lowest BCUT2D eigenvalue weighted by atomic mass is 9.91. The van der Waals surface area contributed by atoms with Gasteiger partial charge in [-0.05, 0) is 46.1 Å². The fraction of sp³-hybridized carbons (Fsp3) is 0.533. The van der Waals surface area contributed by atoms with E-state index in [2.05, 4.69) is 5.32 Å². The van der Waals surface area contributed by atoms with Crippen LogP contribution in [0.25, 0.3) is 0 Å². The van der Waals surface area contributed by atoms with E-state index in [1.165, 1.54) is 0 Å². The minimum absolute atomic E-state index is 0.308. The molecule has 0 aliphatic carbocycles. The van der Waals surface area contributed by atoms with Gasteiger partial charge < -0.3 is 9.64 Å². The average Bonchev–Trinajstić information content (AvgIpc) is 2.41. The molecule has 1 rings (SSSR count). The first-order chi connectivity index (χ1) is 9.81. The molecule has 0 aromatic heterocycles. The van der Waals surface area contributed by atoms with Crippen LogP contribution in [0.4, 0.5) is 0 Å². The van der Waals surface area contributed by atoms with Gasteiger partial charge in [0.25, 0.3) is 0 Å². The van der Waals surface area contributed by atoms with E-state index in [1.54, 1.807) is 32.0 Å². The molecule has 0 aliphatic rings. The highest BCUT2D eigenvalue weighted by Gasteiger charge is 2.38. The molecule has 6 heteroatoms. The van der Waals surface area contributed by atoms with Crippen LogP contribution >= 0.6 is 23.2 Å². The molecule has 0 radical (unpaired) electrons. The van der Waals surface area contributed by atoms with Gasteiger partial charge in [-0.2, -0.15) is 0 Å². The Bertz CT molecular complexity index is 495. The topological polar surface area (TPSA) is 41.6 Å². The Kier molecular flexibility index (Phi) is 6.94. The zero-order valence-electron chi connectivity index (χ0n) is 12.9. The molecular weight excluding hydrogens is 311 g/mol. The lowest BCUT2D eigenvalue weighted by Crippen LogP contribution is -2.49. The van der Waals surface area contributed by atoms with Gasteiger partial charge in [0, 0.05) is 28.7 Å². The van der Waals surface area contributed by atoms with E-state index < -0.39 is 5.54 Å². The summed E-state index contributed by atoms with van der Waals surface area (Å²) in [7, 11) is 3.94. The molecule has 118 valence electrons. The van der Waals surface area contributed by atoms with Crippen LogP contribution in [0, 0.1) is 0 Å². The predicted molar refractivity (Wildman–Crippen MR) is 87.0 cm³/mol. The third kappa shape index (κ3) is 4.85. The van der Waals surface area contributed by atoms with Crippen molar-refractivity contribution in [3.8, 4) is 0 Å². The molecule has 1 unspecified atom stereocenters. The molecule has 4 nitrogen and oxygen atoms in total. The van der Waals surface area contributed by atoms with Crippen molar-refractivity contribution in [2.24, 2.45) is 0 Å². The van der Waals surface area contributed by atoms with E-state index in [0.29, 0.717) is 28.8 Å². The Labute approximate surface area is 136 Å². The number of esters is 1. The summed E-state index contributed by atoms with van der Waals surface area (Å²) in [5.41, 5.74) is -0.414. The Hall–Kier alpha value is -0.810.